The second kappa shape index (κ2) is 6.48. The highest BCUT2D eigenvalue weighted by molar-refractivity contribution is 7.80. The Balaban J connectivity index is 2.20. The fourth-order valence-corrected chi connectivity index (χ4v) is 2.18. The number of carbonyl (C=O) groups excluding carboxylic acids is 1. The number of hydrogen-bond donors (Lipinski definition) is 0. The van der Waals surface area contributed by atoms with Crippen LogP contribution in [0.5, 0.6) is 0 Å². The SMILES string of the molecule is CCC(C)(C)C(=O)OCCC1CCC(=S)CC1. The van der Waals surface area contributed by atoms with Crippen LogP contribution in [-0.4, -0.2) is 17.4 Å². The number of hydrogen-bond acceptors (Lipinski definition) is 3. The Morgan fingerprint density at radius 2 is 2.00 bits per heavy atom. The van der Waals surface area contributed by atoms with E-state index in [4.69, 9.17) is 17.0 Å². The number of rotatable bonds is 5. The first-order valence-corrected chi connectivity index (χ1v) is 7.05. The van der Waals surface area contributed by atoms with Crippen LogP contribution in [0.4, 0.5) is 0 Å². The summed E-state index contributed by atoms with van der Waals surface area (Å²) in [5.74, 6) is 0.630. The van der Waals surface area contributed by atoms with Gasteiger partial charge in [0.2, 0.25) is 0 Å². The highest BCUT2D eigenvalue weighted by Gasteiger charge is 2.27. The largest absolute Gasteiger partial charge is 0.465 e. The van der Waals surface area contributed by atoms with Crippen molar-refractivity contribution in [1.82, 2.24) is 0 Å². The molecule has 0 heterocycles. The molecule has 0 bridgehead atoms. The van der Waals surface area contributed by atoms with E-state index in [9.17, 15) is 4.79 Å². The molecule has 98 valence electrons. The minimum Gasteiger partial charge on any atom is -0.465 e. The summed E-state index contributed by atoms with van der Waals surface area (Å²) in [6, 6.07) is 0. The lowest BCUT2D eigenvalue weighted by molar-refractivity contribution is -0.154. The van der Waals surface area contributed by atoms with Crippen LogP contribution in [0, 0.1) is 11.3 Å². The first-order chi connectivity index (χ1) is 7.95. The molecule has 0 aliphatic heterocycles. The van der Waals surface area contributed by atoms with E-state index < -0.39 is 0 Å². The fourth-order valence-electron chi connectivity index (χ4n) is 1.95. The summed E-state index contributed by atoms with van der Waals surface area (Å²) in [7, 11) is 0. The normalized spacial score (nSPS) is 18.2. The molecule has 1 fully saturated rings. The summed E-state index contributed by atoms with van der Waals surface area (Å²) in [4.78, 5) is 13.0. The van der Waals surface area contributed by atoms with Crippen molar-refractivity contribution < 1.29 is 9.53 Å². The molecule has 1 rings (SSSR count). The molecule has 0 spiro atoms. The third-order valence-electron chi connectivity index (χ3n) is 3.86. The van der Waals surface area contributed by atoms with Gasteiger partial charge in [-0.15, -0.1) is 0 Å². The fraction of sp³-hybridized carbons (Fsp3) is 0.857. The number of esters is 1. The van der Waals surface area contributed by atoms with Gasteiger partial charge >= 0.3 is 5.97 Å². The van der Waals surface area contributed by atoms with Crippen LogP contribution in [0.15, 0.2) is 0 Å². The van der Waals surface area contributed by atoms with E-state index in [0.29, 0.717) is 12.5 Å². The van der Waals surface area contributed by atoms with Crippen molar-refractivity contribution in [3.05, 3.63) is 0 Å². The maximum absolute atomic E-state index is 11.7. The molecule has 0 atom stereocenters. The van der Waals surface area contributed by atoms with Crippen molar-refractivity contribution >= 4 is 23.1 Å². The quantitative estimate of drug-likeness (QED) is 0.551. The van der Waals surface area contributed by atoms with Gasteiger partial charge in [0.05, 0.1) is 12.0 Å². The Kier molecular flexibility index (Phi) is 5.57. The Hall–Kier alpha value is -0.440. The Morgan fingerprint density at radius 1 is 1.41 bits per heavy atom. The Bertz CT molecular complexity index is 274. The van der Waals surface area contributed by atoms with E-state index in [1.165, 1.54) is 17.7 Å². The Labute approximate surface area is 110 Å². The third-order valence-corrected chi connectivity index (χ3v) is 4.27. The van der Waals surface area contributed by atoms with Crippen molar-refractivity contribution in [3.8, 4) is 0 Å². The zero-order valence-corrected chi connectivity index (χ0v) is 12.1. The zero-order valence-electron chi connectivity index (χ0n) is 11.3. The molecule has 0 radical (unpaired) electrons. The van der Waals surface area contributed by atoms with Crippen molar-refractivity contribution in [2.45, 2.75) is 59.3 Å². The maximum Gasteiger partial charge on any atom is 0.311 e. The van der Waals surface area contributed by atoms with Gasteiger partial charge in [-0.3, -0.25) is 4.79 Å². The minimum absolute atomic E-state index is 0.0636. The van der Waals surface area contributed by atoms with Crippen LogP contribution < -0.4 is 0 Å². The molecule has 0 aromatic carbocycles. The summed E-state index contributed by atoms with van der Waals surface area (Å²) in [5.41, 5.74) is -0.339. The number of ether oxygens (including phenoxy) is 1. The molecule has 1 saturated carbocycles. The molecule has 2 nitrogen and oxygen atoms in total. The first-order valence-electron chi connectivity index (χ1n) is 6.64. The molecule has 1 aliphatic carbocycles. The molecule has 17 heavy (non-hydrogen) atoms. The standard InChI is InChI=1S/C14H24O2S/c1-4-14(2,3)13(15)16-10-9-11-5-7-12(17)8-6-11/h11H,4-10H2,1-3H3. The van der Waals surface area contributed by atoms with Crippen LogP contribution in [0.2, 0.25) is 0 Å². The lowest BCUT2D eigenvalue weighted by atomic mass is 9.87. The molecule has 0 saturated heterocycles. The van der Waals surface area contributed by atoms with Gasteiger partial charge in [-0.1, -0.05) is 19.1 Å². The molecule has 3 heteroatoms. The zero-order chi connectivity index (χ0) is 12.9. The van der Waals surface area contributed by atoms with Crippen LogP contribution >= 0.6 is 12.2 Å². The first kappa shape index (κ1) is 14.6. The summed E-state index contributed by atoms with van der Waals surface area (Å²) in [5, 5.41) is 0. The van der Waals surface area contributed by atoms with Gasteiger partial charge < -0.3 is 4.74 Å². The van der Waals surface area contributed by atoms with E-state index in [-0.39, 0.29) is 11.4 Å². The van der Waals surface area contributed by atoms with Gasteiger partial charge in [0.15, 0.2) is 0 Å². The smallest absolute Gasteiger partial charge is 0.311 e. The van der Waals surface area contributed by atoms with Crippen LogP contribution in [0.25, 0.3) is 0 Å². The summed E-state index contributed by atoms with van der Waals surface area (Å²) in [6.45, 7) is 6.46. The summed E-state index contributed by atoms with van der Waals surface area (Å²) < 4.78 is 5.36. The van der Waals surface area contributed by atoms with Crippen molar-refractivity contribution in [2.75, 3.05) is 6.61 Å². The Morgan fingerprint density at radius 3 is 2.53 bits per heavy atom. The molecular formula is C14H24O2S. The number of carbonyl (C=O) groups is 1. The third kappa shape index (κ3) is 4.74. The van der Waals surface area contributed by atoms with Crippen molar-refractivity contribution in [3.63, 3.8) is 0 Å². The van der Waals surface area contributed by atoms with Crippen molar-refractivity contribution in [1.29, 1.82) is 0 Å². The van der Waals surface area contributed by atoms with Gasteiger partial charge in [0, 0.05) is 0 Å². The monoisotopic (exact) mass is 256 g/mol. The molecule has 0 aromatic heterocycles. The van der Waals surface area contributed by atoms with E-state index in [0.717, 1.165) is 25.7 Å². The van der Waals surface area contributed by atoms with Gasteiger partial charge in [-0.2, -0.15) is 0 Å². The maximum atomic E-state index is 11.7. The van der Waals surface area contributed by atoms with Crippen LogP contribution in [-0.2, 0) is 9.53 Å². The topological polar surface area (TPSA) is 26.3 Å². The molecule has 0 N–H and O–H groups in total. The molecule has 1 aliphatic rings. The predicted molar refractivity (Wildman–Crippen MR) is 74.2 cm³/mol. The van der Waals surface area contributed by atoms with E-state index >= 15 is 0 Å². The lowest BCUT2D eigenvalue weighted by Gasteiger charge is -2.24. The molecular weight excluding hydrogens is 232 g/mol. The minimum atomic E-state index is -0.339. The second-order valence-electron chi connectivity index (χ2n) is 5.64. The van der Waals surface area contributed by atoms with Gasteiger partial charge in [-0.25, -0.2) is 0 Å². The van der Waals surface area contributed by atoms with Gasteiger partial charge in [0.25, 0.3) is 0 Å². The van der Waals surface area contributed by atoms with E-state index in [2.05, 4.69) is 0 Å². The predicted octanol–water partition coefficient (Wildman–Crippen LogP) is 3.92. The highest BCUT2D eigenvalue weighted by atomic mass is 32.1. The molecule has 0 amide bonds. The summed E-state index contributed by atoms with van der Waals surface area (Å²) >= 11 is 5.19. The van der Waals surface area contributed by atoms with Gasteiger partial charge in [0.1, 0.15) is 0 Å². The molecule has 0 aromatic rings. The van der Waals surface area contributed by atoms with Crippen LogP contribution in [0.3, 0.4) is 0 Å². The average Bonchev–Trinajstić information content (AvgIpc) is 2.31. The second-order valence-corrected chi connectivity index (χ2v) is 6.22. The summed E-state index contributed by atoms with van der Waals surface area (Å²) in [6.07, 6.45) is 6.32. The van der Waals surface area contributed by atoms with Crippen molar-refractivity contribution in [2.24, 2.45) is 11.3 Å². The highest BCUT2D eigenvalue weighted by Crippen LogP contribution is 2.26. The number of thiocarbonyl (C=S) groups is 1. The van der Waals surface area contributed by atoms with Crippen LogP contribution in [0.1, 0.15) is 59.3 Å². The average molecular weight is 256 g/mol. The lowest BCUT2D eigenvalue weighted by Crippen LogP contribution is -2.26. The van der Waals surface area contributed by atoms with E-state index in [1.807, 2.05) is 20.8 Å². The van der Waals surface area contributed by atoms with E-state index in [1.54, 1.807) is 0 Å². The molecule has 0 unspecified atom stereocenters. The van der Waals surface area contributed by atoms with Gasteiger partial charge in [-0.05, 0) is 63.2 Å².